The molecule has 0 saturated carbocycles. The van der Waals surface area contributed by atoms with E-state index in [0.717, 1.165) is 44.9 Å². The lowest BCUT2D eigenvalue weighted by Crippen LogP contribution is -2.23. The maximum absolute atomic E-state index is 11.6. The second-order valence-corrected chi connectivity index (χ2v) is 8.59. The highest BCUT2D eigenvalue weighted by Gasteiger charge is 2.19. The molecule has 0 amide bonds. The summed E-state index contributed by atoms with van der Waals surface area (Å²) in [6.45, 7) is 7.20. The van der Waals surface area contributed by atoms with Crippen LogP contribution in [0.4, 0.5) is 0 Å². The van der Waals surface area contributed by atoms with Gasteiger partial charge in [0.1, 0.15) is 17.1 Å². The van der Waals surface area contributed by atoms with E-state index in [1.165, 1.54) is 0 Å². The highest BCUT2D eigenvalue weighted by Crippen LogP contribution is 2.40. The normalized spacial score (nSPS) is 11.5. The Morgan fingerprint density at radius 1 is 1.00 bits per heavy atom. The number of ether oxygens (including phenoxy) is 1. The number of aromatic hydroxyl groups is 2. The highest BCUT2D eigenvalue weighted by atomic mass is 35.5. The Bertz CT molecular complexity index is 677. The van der Waals surface area contributed by atoms with Gasteiger partial charge < -0.3 is 14.9 Å². The molecule has 28 heavy (non-hydrogen) atoms. The summed E-state index contributed by atoms with van der Waals surface area (Å²) in [5, 5.41) is 20.5. The van der Waals surface area contributed by atoms with E-state index in [2.05, 4.69) is 0 Å². The summed E-state index contributed by atoms with van der Waals surface area (Å²) in [5.74, 6) is -0.445. The monoisotopic (exact) mass is 412 g/mol. The molecule has 0 spiro atoms. The molecule has 0 saturated heterocycles. The number of esters is 1. The largest absolute Gasteiger partial charge is 0.507 e. The predicted octanol–water partition coefficient (Wildman–Crippen LogP) is 5.88. The Hall–Kier alpha value is -1.75. The van der Waals surface area contributed by atoms with Crippen molar-refractivity contribution in [1.29, 1.82) is 0 Å². The Labute approximate surface area is 173 Å². The van der Waals surface area contributed by atoms with Crippen molar-refractivity contribution in [2.75, 3.05) is 0 Å². The number of carbonyl (C=O) groups is 2. The van der Waals surface area contributed by atoms with Gasteiger partial charge in [-0.3, -0.25) is 9.59 Å². The molecule has 0 fully saturated rings. The minimum absolute atomic E-state index is 0.125. The summed E-state index contributed by atoms with van der Waals surface area (Å²) in [4.78, 5) is 22.8. The van der Waals surface area contributed by atoms with Gasteiger partial charge in [-0.1, -0.05) is 43.7 Å². The van der Waals surface area contributed by atoms with Gasteiger partial charge in [0, 0.05) is 12.0 Å². The van der Waals surface area contributed by atoms with Crippen LogP contribution in [0.15, 0.2) is 0 Å². The fourth-order valence-corrected chi connectivity index (χ4v) is 3.33. The zero-order chi connectivity index (χ0) is 21.3. The van der Waals surface area contributed by atoms with E-state index < -0.39 is 5.60 Å². The van der Waals surface area contributed by atoms with E-state index in [1.54, 1.807) is 6.92 Å². The van der Waals surface area contributed by atoms with Gasteiger partial charge in [-0.2, -0.15) is 0 Å². The van der Waals surface area contributed by atoms with Gasteiger partial charge >= 0.3 is 5.97 Å². The Kier molecular flexibility index (Phi) is 9.80. The summed E-state index contributed by atoms with van der Waals surface area (Å²) >= 11 is 6.05. The average Bonchev–Trinajstić information content (AvgIpc) is 2.60. The Morgan fingerprint density at radius 3 is 2.07 bits per heavy atom. The number of hydrogen-bond donors (Lipinski definition) is 2. The van der Waals surface area contributed by atoms with E-state index in [4.69, 9.17) is 16.3 Å². The molecule has 0 atom stereocenters. The Balaban J connectivity index is 2.26. The smallest absolute Gasteiger partial charge is 0.306 e. The molecule has 0 aliphatic carbocycles. The maximum atomic E-state index is 11.6. The van der Waals surface area contributed by atoms with Crippen LogP contribution in [0, 0.1) is 6.92 Å². The second-order valence-electron chi connectivity index (χ2n) is 8.21. The number of phenols is 2. The number of benzene rings is 1. The molecule has 0 aliphatic rings. The lowest BCUT2D eigenvalue weighted by Gasteiger charge is -2.19. The third kappa shape index (κ3) is 7.70. The van der Waals surface area contributed by atoms with Crippen molar-refractivity contribution in [3.8, 4) is 11.5 Å². The molecule has 0 aromatic heterocycles. The summed E-state index contributed by atoms with van der Waals surface area (Å²) in [6, 6.07) is 0. The molecule has 1 aromatic rings. The zero-order valence-corrected chi connectivity index (χ0v) is 18.2. The van der Waals surface area contributed by atoms with Gasteiger partial charge in [-0.25, -0.2) is 0 Å². The first-order chi connectivity index (χ1) is 13.1. The van der Waals surface area contributed by atoms with Crippen molar-refractivity contribution >= 4 is 23.9 Å². The Morgan fingerprint density at radius 2 is 1.54 bits per heavy atom. The molecule has 0 radical (unpaired) electrons. The molecule has 158 valence electrons. The molecule has 1 rings (SSSR count). The molecule has 0 aliphatic heterocycles. The average molecular weight is 413 g/mol. The van der Waals surface area contributed by atoms with Crippen molar-refractivity contribution in [2.45, 2.75) is 91.1 Å². The number of phenolic OH excluding ortho intramolecular Hbond substituents is 2. The predicted molar refractivity (Wildman–Crippen MR) is 111 cm³/mol. The van der Waals surface area contributed by atoms with Crippen LogP contribution in [0.1, 0.15) is 93.6 Å². The van der Waals surface area contributed by atoms with E-state index in [9.17, 15) is 19.8 Å². The van der Waals surface area contributed by atoms with E-state index in [0.29, 0.717) is 30.3 Å². The first kappa shape index (κ1) is 24.3. The first-order valence-electron chi connectivity index (χ1n) is 9.98. The summed E-state index contributed by atoms with van der Waals surface area (Å²) in [7, 11) is 0. The van der Waals surface area contributed by atoms with Crippen molar-refractivity contribution in [3.05, 3.63) is 21.7 Å². The lowest BCUT2D eigenvalue weighted by molar-refractivity contribution is -0.154. The van der Waals surface area contributed by atoms with Gasteiger partial charge in [0.05, 0.1) is 10.6 Å². The molecule has 0 unspecified atom stereocenters. The van der Waals surface area contributed by atoms with E-state index in [1.807, 2.05) is 20.8 Å². The minimum Gasteiger partial charge on any atom is -0.507 e. The number of halogens is 1. The van der Waals surface area contributed by atoms with E-state index >= 15 is 0 Å². The molecule has 0 bridgehead atoms. The van der Waals surface area contributed by atoms with Crippen LogP contribution in [0.25, 0.3) is 0 Å². The number of rotatable bonds is 11. The van der Waals surface area contributed by atoms with Crippen LogP contribution in [-0.4, -0.2) is 28.1 Å². The van der Waals surface area contributed by atoms with Crippen LogP contribution in [0.5, 0.6) is 11.5 Å². The van der Waals surface area contributed by atoms with Gasteiger partial charge in [0.25, 0.3) is 0 Å². The third-order valence-electron chi connectivity index (χ3n) is 4.61. The van der Waals surface area contributed by atoms with Crippen molar-refractivity contribution in [1.82, 2.24) is 0 Å². The number of unbranched alkanes of at least 4 members (excludes halogenated alkanes) is 6. The number of hydrogen-bond acceptors (Lipinski definition) is 5. The topological polar surface area (TPSA) is 83.8 Å². The summed E-state index contributed by atoms with van der Waals surface area (Å²) < 4.78 is 5.28. The molecule has 1 aromatic carbocycles. The van der Waals surface area contributed by atoms with Crippen molar-refractivity contribution in [3.63, 3.8) is 0 Å². The molecular weight excluding hydrogens is 380 g/mol. The van der Waals surface area contributed by atoms with Crippen LogP contribution in [0.3, 0.4) is 0 Å². The molecule has 2 N–H and O–H groups in total. The van der Waals surface area contributed by atoms with E-state index in [-0.39, 0.29) is 28.1 Å². The molecule has 5 nitrogen and oxygen atoms in total. The van der Waals surface area contributed by atoms with Crippen LogP contribution in [-0.2, 0) is 16.0 Å². The highest BCUT2D eigenvalue weighted by molar-refractivity contribution is 6.33. The molecule has 0 heterocycles. The SMILES string of the molecule is Cc1c(Cl)c(O)c(CCCCCCCCCC(=O)OC(C)(C)C)c(O)c1C=O. The summed E-state index contributed by atoms with van der Waals surface area (Å²) in [5.41, 5.74) is 0.452. The second kappa shape index (κ2) is 11.3. The van der Waals surface area contributed by atoms with Crippen molar-refractivity contribution < 1.29 is 24.5 Å². The van der Waals surface area contributed by atoms with Gasteiger partial charge in [-0.15, -0.1) is 0 Å². The van der Waals surface area contributed by atoms with Gasteiger partial charge in [-0.05, 0) is 52.5 Å². The number of aldehydes is 1. The lowest BCUT2D eigenvalue weighted by atomic mass is 9.98. The third-order valence-corrected chi connectivity index (χ3v) is 5.08. The molecular formula is C22H33ClO5. The maximum Gasteiger partial charge on any atom is 0.306 e. The van der Waals surface area contributed by atoms with Gasteiger partial charge in [0.2, 0.25) is 0 Å². The van der Waals surface area contributed by atoms with Crippen molar-refractivity contribution in [2.24, 2.45) is 0 Å². The summed E-state index contributed by atoms with van der Waals surface area (Å²) in [6.07, 6.45) is 8.24. The quantitative estimate of drug-likeness (QED) is 0.269. The standard InChI is InChI=1S/C22H33ClO5/c1-15-17(14-24)20(26)16(21(27)19(15)23)12-10-8-6-5-7-9-11-13-18(25)28-22(2,3)4/h14,26-27H,5-13H2,1-4H3. The van der Waals surface area contributed by atoms with Crippen LogP contribution in [0.2, 0.25) is 5.02 Å². The minimum atomic E-state index is -0.423. The number of carbonyl (C=O) groups excluding carboxylic acids is 2. The first-order valence-corrected chi connectivity index (χ1v) is 10.4. The zero-order valence-electron chi connectivity index (χ0n) is 17.4. The van der Waals surface area contributed by atoms with Gasteiger partial charge in [0.15, 0.2) is 6.29 Å². The fraction of sp³-hybridized carbons (Fsp3) is 0.636. The molecule has 6 heteroatoms. The van der Waals surface area contributed by atoms with Crippen LogP contribution < -0.4 is 0 Å². The van der Waals surface area contributed by atoms with Crippen LogP contribution >= 0.6 is 11.6 Å². The fourth-order valence-electron chi connectivity index (χ4n) is 3.11.